The van der Waals surface area contributed by atoms with Gasteiger partial charge in [0.1, 0.15) is 6.10 Å². The van der Waals surface area contributed by atoms with Crippen molar-refractivity contribution < 1.29 is 19.4 Å². The van der Waals surface area contributed by atoms with Crippen molar-refractivity contribution in [1.29, 1.82) is 0 Å². The van der Waals surface area contributed by atoms with Gasteiger partial charge in [0.05, 0.1) is 0 Å². The maximum Gasteiger partial charge on any atom is 0.303 e. The van der Waals surface area contributed by atoms with E-state index in [9.17, 15) is 9.59 Å². The largest absolute Gasteiger partial charge is 0.481 e. The topological polar surface area (TPSA) is 63.6 Å². The molecule has 0 aromatic carbocycles. The molecule has 30 heavy (non-hydrogen) atoms. The Labute approximate surface area is 182 Å². The van der Waals surface area contributed by atoms with Gasteiger partial charge < -0.3 is 9.84 Å². The van der Waals surface area contributed by atoms with Crippen molar-refractivity contribution in [3.63, 3.8) is 0 Å². The molecule has 4 nitrogen and oxygen atoms in total. The normalized spacial score (nSPS) is 46.3. The molecule has 4 aliphatic rings. The third-order valence-corrected chi connectivity index (χ3v) is 10.5. The van der Waals surface area contributed by atoms with Crippen molar-refractivity contribution in [3.05, 3.63) is 0 Å². The summed E-state index contributed by atoms with van der Waals surface area (Å²) >= 11 is 0. The Balaban J connectivity index is 1.47. The lowest BCUT2D eigenvalue weighted by molar-refractivity contribution is -0.160. The molecule has 0 amide bonds. The van der Waals surface area contributed by atoms with Gasteiger partial charge in [0.25, 0.3) is 0 Å². The molecule has 9 atom stereocenters. The summed E-state index contributed by atoms with van der Waals surface area (Å²) in [5, 5.41) is 9.13. The molecule has 0 aliphatic heterocycles. The van der Waals surface area contributed by atoms with E-state index in [1.54, 1.807) is 6.92 Å². The van der Waals surface area contributed by atoms with E-state index < -0.39 is 5.97 Å². The first-order valence-electron chi connectivity index (χ1n) is 12.5. The zero-order valence-corrected chi connectivity index (χ0v) is 19.5. The number of carboxylic acids is 1. The second-order valence-corrected chi connectivity index (χ2v) is 11.8. The summed E-state index contributed by atoms with van der Waals surface area (Å²) in [6.45, 7) is 8.96. The standard InChI is InChI=1S/C26H42O4/c1-16(5-10-24(28)29)21-8-9-22-20-7-6-18-15-19(30-17(2)27)11-13-25(18,3)23(20)12-14-26(21,22)4/h16,18-23H,5-15H2,1-4H3,(H,28,29)/t16-,18-,19+,20+,21-,22+,23+,25+,26-/m1/s1. The molecular weight excluding hydrogens is 376 g/mol. The van der Waals surface area contributed by atoms with E-state index in [4.69, 9.17) is 9.84 Å². The van der Waals surface area contributed by atoms with Crippen LogP contribution >= 0.6 is 0 Å². The SMILES string of the molecule is CC(=O)O[C@H]1CC[C@@]2(C)[C@H](CC[C@@H]3[C@@H]2CC[C@]2(C)[C@@H]([C@H](C)CCC(=O)O)CC[C@@H]32)C1. The molecule has 0 aromatic rings. The first-order chi connectivity index (χ1) is 14.1. The van der Waals surface area contributed by atoms with Crippen molar-refractivity contribution in [1.82, 2.24) is 0 Å². The average Bonchev–Trinajstić information content (AvgIpc) is 3.03. The fourth-order valence-corrected chi connectivity index (χ4v) is 9.09. The monoisotopic (exact) mass is 418 g/mol. The summed E-state index contributed by atoms with van der Waals surface area (Å²) in [5.74, 6) is 3.60. The minimum absolute atomic E-state index is 0.125. The van der Waals surface area contributed by atoms with Gasteiger partial charge >= 0.3 is 11.9 Å². The smallest absolute Gasteiger partial charge is 0.303 e. The Morgan fingerprint density at radius 1 is 1.00 bits per heavy atom. The molecule has 0 bridgehead atoms. The van der Waals surface area contributed by atoms with E-state index in [1.165, 1.54) is 44.9 Å². The number of hydrogen-bond donors (Lipinski definition) is 1. The van der Waals surface area contributed by atoms with Gasteiger partial charge in [-0.1, -0.05) is 20.8 Å². The number of hydrogen-bond acceptors (Lipinski definition) is 3. The predicted molar refractivity (Wildman–Crippen MR) is 117 cm³/mol. The van der Waals surface area contributed by atoms with E-state index in [0.29, 0.717) is 35.0 Å². The quantitative estimate of drug-likeness (QED) is 0.550. The predicted octanol–water partition coefficient (Wildman–Crippen LogP) is 6.08. The molecule has 4 rings (SSSR count). The molecule has 170 valence electrons. The van der Waals surface area contributed by atoms with Crippen LogP contribution in [-0.2, 0) is 14.3 Å². The summed E-state index contributed by atoms with van der Waals surface area (Å²) in [4.78, 5) is 22.5. The van der Waals surface area contributed by atoms with Crippen molar-refractivity contribution in [2.24, 2.45) is 46.3 Å². The number of fused-ring (bicyclic) bond motifs is 5. The molecule has 4 heteroatoms. The lowest BCUT2D eigenvalue weighted by Gasteiger charge is -2.61. The van der Waals surface area contributed by atoms with Crippen LogP contribution in [0.3, 0.4) is 0 Å². The van der Waals surface area contributed by atoms with E-state index in [1.807, 2.05) is 0 Å². The highest BCUT2D eigenvalue weighted by Crippen LogP contribution is 2.68. The van der Waals surface area contributed by atoms with Gasteiger partial charge in [0.2, 0.25) is 0 Å². The van der Waals surface area contributed by atoms with Gasteiger partial charge in [0.15, 0.2) is 0 Å². The van der Waals surface area contributed by atoms with Crippen LogP contribution in [0.1, 0.15) is 98.3 Å². The Hall–Kier alpha value is -1.06. The Kier molecular flexibility index (Phi) is 6.00. The maximum atomic E-state index is 11.5. The molecule has 0 spiro atoms. The lowest BCUT2D eigenvalue weighted by atomic mass is 9.44. The first kappa shape index (κ1) is 22.1. The second-order valence-electron chi connectivity index (χ2n) is 11.8. The third kappa shape index (κ3) is 3.71. The Morgan fingerprint density at radius 3 is 2.40 bits per heavy atom. The van der Waals surface area contributed by atoms with Gasteiger partial charge in [-0.25, -0.2) is 0 Å². The number of carbonyl (C=O) groups is 2. The van der Waals surface area contributed by atoms with Crippen LogP contribution in [0, 0.1) is 46.3 Å². The molecule has 1 N–H and O–H groups in total. The maximum absolute atomic E-state index is 11.5. The number of carbonyl (C=O) groups excluding carboxylic acids is 1. The second kappa shape index (κ2) is 8.13. The molecule has 0 saturated heterocycles. The van der Waals surface area contributed by atoms with Crippen molar-refractivity contribution in [3.8, 4) is 0 Å². The molecule has 4 fully saturated rings. The highest BCUT2D eigenvalue weighted by atomic mass is 16.5. The van der Waals surface area contributed by atoms with Gasteiger partial charge in [-0.3, -0.25) is 9.59 Å². The van der Waals surface area contributed by atoms with Gasteiger partial charge in [0, 0.05) is 13.3 Å². The zero-order chi connectivity index (χ0) is 21.7. The Morgan fingerprint density at radius 2 is 1.70 bits per heavy atom. The van der Waals surface area contributed by atoms with E-state index >= 15 is 0 Å². The van der Waals surface area contributed by atoms with E-state index in [-0.39, 0.29) is 12.1 Å². The van der Waals surface area contributed by atoms with Crippen LogP contribution in [0.2, 0.25) is 0 Å². The summed E-state index contributed by atoms with van der Waals surface area (Å²) < 4.78 is 5.61. The van der Waals surface area contributed by atoms with Crippen LogP contribution in [0.4, 0.5) is 0 Å². The molecule has 0 aromatic heterocycles. The van der Waals surface area contributed by atoms with Crippen molar-refractivity contribution in [2.75, 3.05) is 0 Å². The highest BCUT2D eigenvalue weighted by Gasteiger charge is 2.60. The molecular formula is C26H42O4. The van der Waals surface area contributed by atoms with Crippen LogP contribution in [-0.4, -0.2) is 23.1 Å². The highest BCUT2D eigenvalue weighted by molar-refractivity contribution is 5.66. The fraction of sp³-hybridized carbons (Fsp3) is 0.923. The number of rotatable bonds is 5. The van der Waals surface area contributed by atoms with Gasteiger partial charge in [-0.2, -0.15) is 0 Å². The number of aliphatic carboxylic acids is 1. The van der Waals surface area contributed by atoms with Crippen molar-refractivity contribution in [2.45, 2.75) is 104 Å². The van der Waals surface area contributed by atoms with Crippen LogP contribution < -0.4 is 0 Å². The van der Waals surface area contributed by atoms with E-state index in [2.05, 4.69) is 20.8 Å². The molecule has 0 radical (unpaired) electrons. The first-order valence-corrected chi connectivity index (χ1v) is 12.5. The van der Waals surface area contributed by atoms with Crippen LogP contribution in [0.15, 0.2) is 0 Å². The minimum Gasteiger partial charge on any atom is -0.481 e. The fourth-order valence-electron chi connectivity index (χ4n) is 9.09. The molecule has 0 heterocycles. The third-order valence-electron chi connectivity index (χ3n) is 10.5. The summed E-state index contributed by atoms with van der Waals surface area (Å²) in [5.41, 5.74) is 0.811. The summed E-state index contributed by atoms with van der Waals surface area (Å²) in [6.07, 6.45) is 12.5. The minimum atomic E-state index is -0.652. The van der Waals surface area contributed by atoms with E-state index in [0.717, 1.165) is 37.0 Å². The molecule has 0 unspecified atom stereocenters. The van der Waals surface area contributed by atoms with Crippen molar-refractivity contribution >= 4 is 11.9 Å². The summed E-state index contributed by atoms with van der Waals surface area (Å²) in [6, 6.07) is 0. The van der Waals surface area contributed by atoms with Crippen LogP contribution in [0.25, 0.3) is 0 Å². The van der Waals surface area contributed by atoms with Gasteiger partial charge in [-0.15, -0.1) is 0 Å². The number of carboxylic acid groups (broad SMARTS) is 1. The zero-order valence-electron chi connectivity index (χ0n) is 19.5. The average molecular weight is 419 g/mol. The van der Waals surface area contributed by atoms with Crippen LogP contribution in [0.5, 0.6) is 0 Å². The number of ether oxygens (including phenoxy) is 1. The molecule has 4 aliphatic carbocycles. The Bertz CT molecular complexity index is 674. The summed E-state index contributed by atoms with van der Waals surface area (Å²) in [7, 11) is 0. The van der Waals surface area contributed by atoms with Gasteiger partial charge in [-0.05, 0) is 111 Å². The lowest BCUT2D eigenvalue weighted by Crippen LogP contribution is -2.54. The number of esters is 1. The molecule has 4 saturated carbocycles.